The van der Waals surface area contributed by atoms with E-state index in [9.17, 15) is 13.2 Å². The van der Waals surface area contributed by atoms with Crippen LogP contribution in [0.2, 0.25) is 0 Å². The van der Waals surface area contributed by atoms with E-state index >= 15 is 0 Å². The molecule has 1 N–H and O–H groups in total. The van der Waals surface area contributed by atoms with Crippen LogP contribution in [0.1, 0.15) is 28.8 Å². The number of rotatable bonds is 7. The smallest absolute Gasteiger partial charge is 0.242 e. The molecule has 8 heteroatoms. The first-order valence-electron chi connectivity index (χ1n) is 11.6. The number of carbonyl (C=O) groups is 1. The van der Waals surface area contributed by atoms with Gasteiger partial charge in [-0.15, -0.1) is 0 Å². The third-order valence-corrected chi connectivity index (χ3v) is 8.10. The average molecular weight is 472 g/mol. The van der Waals surface area contributed by atoms with Crippen molar-refractivity contribution in [3.63, 3.8) is 0 Å². The molecule has 0 saturated carbocycles. The van der Waals surface area contributed by atoms with E-state index in [2.05, 4.69) is 41.4 Å². The van der Waals surface area contributed by atoms with Gasteiger partial charge in [0.05, 0.1) is 30.8 Å². The molecule has 2 unspecified atom stereocenters. The molecular weight excluding hydrogens is 438 g/mol. The minimum absolute atomic E-state index is 0.0518. The summed E-state index contributed by atoms with van der Waals surface area (Å²) in [4.78, 5) is 17.9. The standard InChI is InChI=1S/C25H33N3O4S/c1-20-6-5-9-22(18-20)23(27-10-14-32-15-11-27)19-26-25(29)24(21-7-3-2-4-8-21)28-12-16-33(30,31)17-13-28/h2-9,18,23-24H,10-17,19H2,1H3,(H,26,29). The number of hydrogen-bond donors (Lipinski definition) is 1. The Morgan fingerprint density at radius 1 is 0.939 bits per heavy atom. The zero-order chi connectivity index (χ0) is 23.3. The highest BCUT2D eigenvalue weighted by atomic mass is 32.2. The molecule has 2 saturated heterocycles. The molecule has 2 heterocycles. The van der Waals surface area contributed by atoms with Gasteiger partial charge in [0, 0.05) is 32.7 Å². The third kappa shape index (κ3) is 6.20. The second-order valence-corrected chi connectivity index (χ2v) is 11.1. The summed E-state index contributed by atoms with van der Waals surface area (Å²) in [6, 6.07) is 17.6. The third-order valence-electron chi connectivity index (χ3n) is 6.49. The van der Waals surface area contributed by atoms with Crippen molar-refractivity contribution in [2.75, 3.05) is 57.4 Å². The predicted molar refractivity (Wildman–Crippen MR) is 129 cm³/mol. The molecule has 0 spiro atoms. The fourth-order valence-corrected chi connectivity index (χ4v) is 5.90. The van der Waals surface area contributed by atoms with Gasteiger partial charge in [0.25, 0.3) is 0 Å². The molecule has 2 aromatic rings. The summed E-state index contributed by atoms with van der Waals surface area (Å²) in [6.45, 7) is 6.30. The molecule has 2 aromatic carbocycles. The summed E-state index contributed by atoms with van der Waals surface area (Å²) in [7, 11) is -3.03. The van der Waals surface area contributed by atoms with Gasteiger partial charge in [-0.25, -0.2) is 8.42 Å². The number of benzene rings is 2. The molecule has 2 atom stereocenters. The number of morpholine rings is 1. The Bertz CT molecular complexity index is 1020. The lowest BCUT2D eigenvalue weighted by molar-refractivity contribution is -0.127. The van der Waals surface area contributed by atoms with Gasteiger partial charge < -0.3 is 10.1 Å². The molecule has 0 bridgehead atoms. The van der Waals surface area contributed by atoms with Gasteiger partial charge in [-0.1, -0.05) is 60.2 Å². The maximum atomic E-state index is 13.5. The van der Waals surface area contributed by atoms with Gasteiger partial charge in [0.1, 0.15) is 6.04 Å². The van der Waals surface area contributed by atoms with Crippen LogP contribution in [0.4, 0.5) is 0 Å². The lowest BCUT2D eigenvalue weighted by Crippen LogP contribution is -2.49. The Labute approximate surface area is 196 Å². The molecule has 7 nitrogen and oxygen atoms in total. The summed E-state index contributed by atoms with van der Waals surface area (Å²) in [5.74, 6) is 0.0819. The number of carbonyl (C=O) groups excluding carboxylic acids is 1. The second kappa shape index (κ2) is 10.8. The monoisotopic (exact) mass is 471 g/mol. The number of sulfone groups is 1. The molecule has 178 valence electrons. The zero-order valence-corrected chi connectivity index (χ0v) is 20.0. The van der Waals surface area contributed by atoms with Crippen molar-refractivity contribution >= 4 is 15.7 Å². The van der Waals surface area contributed by atoms with Crippen LogP contribution in [-0.2, 0) is 19.4 Å². The molecular formula is C25H33N3O4S. The van der Waals surface area contributed by atoms with Crippen molar-refractivity contribution in [2.24, 2.45) is 0 Å². The maximum Gasteiger partial charge on any atom is 0.242 e. The fourth-order valence-electron chi connectivity index (χ4n) is 4.67. The van der Waals surface area contributed by atoms with Crippen molar-refractivity contribution in [1.82, 2.24) is 15.1 Å². The highest BCUT2D eigenvalue weighted by Gasteiger charge is 2.33. The first-order valence-corrected chi connectivity index (χ1v) is 13.4. The molecule has 2 aliphatic heterocycles. The number of nitrogens with one attached hydrogen (secondary N) is 1. The van der Waals surface area contributed by atoms with Crippen molar-refractivity contribution in [2.45, 2.75) is 19.0 Å². The summed E-state index contributed by atoms with van der Waals surface area (Å²) >= 11 is 0. The van der Waals surface area contributed by atoms with Gasteiger partial charge in [-0.2, -0.15) is 0 Å². The van der Waals surface area contributed by atoms with E-state index in [0.717, 1.165) is 18.7 Å². The lowest BCUT2D eigenvalue weighted by Gasteiger charge is -2.37. The van der Waals surface area contributed by atoms with E-state index in [0.29, 0.717) is 32.8 Å². The molecule has 2 aliphatic rings. The minimum atomic E-state index is -3.03. The van der Waals surface area contributed by atoms with Crippen molar-refractivity contribution < 1.29 is 17.9 Å². The van der Waals surface area contributed by atoms with E-state index in [1.54, 1.807) is 0 Å². The molecule has 0 radical (unpaired) electrons. The molecule has 0 aliphatic carbocycles. The predicted octanol–water partition coefficient (Wildman–Crippen LogP) is 1.96. The highest BCUT2D eigenvalue weighted by molar-refractivity contribution is 7.91. The van der Waals surface area contributed by atoms with E-state index in [4.69, 9.17) is 4.74 Å². The van der Waals surface area contributed by atoms with Crippen molar-refractivity contribution in [3.05, 3.63) is 71.3 Å². The van der Waals surface area contributed by atoms with Gasteiger partial charge in [-0.05, 0) is 18.1 Å². The topological polar surface area (TPSA) is 79.0 Å². The fraction of sp³-hybridized carbons (Fsp3) is 0.480. The first-order chi connectivity index (χ1) is 15.9. The summed E-state index contributed by atoms with van der Waals surface area (Å²) in [6.07, 6.45) is 0. The Morgan fingerprint density at radius 3 is 2.27 bits per heavy atom. The molecule has 0 aromatic heterocycles. The SMILES string of the molecule is Cc1cccc(C(CNC(=O)C(c2ccccc2)N2CCS(=O)(=O)CC2)N2CCOCC2)c1. The quantitative estimate of drug-likeness (QED) is 0.665. The highest BCUT2D eigenvalue weighted by Crippen LogP contribution is 2.25. The Kier molecular flexibility index (Phi) is 7.80. The van der Waals surface area contributed by atoms with Crippen LogP contribution in [-0.4, -0.2) is 81.6 Å². The van der Waals surface area contributed by atoms with E-state index < -0.39 is 15.9 Å². The molecule has 2 fully saturated rings. The second-order valence-electron chi connectivity index (χ2n) is 8.82. The molecule has 33 heavy (non-hydrogen) atoms. The number of nitrogens with zero attached hydrogens (tertiary/aromatic N) is 2. The van der Waals surface area contributed by atoms with Crippen LogP contribution in [0.15, 0.2) is 54.6 Å². The van der Waals surface area contributed by atoms with Crippen LogP contribution >= 0.6 is 0 Å². The summed E-state index contributed by atoms with van der Waals surface area (Å²) in [5.41, 5.74) is 3.25. The van der Waals surface area contributed by atoms with E-state index in [-0.39, 0.29) is 23.5 Å². The Hall–Kier alpha value is -2.26. The first kappa shape index (κ1) is 23.9. The van der Waals surface area contributed by atoms with Crippen LogP contribution in [0, 0.1) is 6.92 Å². The maximum absolute atomic E-state index is 13.5. The van der Waals surface area contributed by atoms with Gasteiger partial charge in [0.2, 0.25) is 5.91 Å². The number of hydrogen-bond acceptors (Lipinski definition) is 6. The zero-order valence-electron chi connectivity index (χ0n) is 19.2. The Morgan fingerprint density at radius 2 is 1.61 bits per heavy atom. The van der Waals surface area contributed by atoms with E-state index in [1.165, 1.54) is 11.1 Å². The largest absolute Gasteiger partial charge is 0.379 e. The van der Waals surface area contributed by atoms with Crippen molar-refractivity contribution in [1.29, 1.82) is 0 Å². The van der Waals surface area contributed by atoms with Crippen LogP contribution in [0.5, 0.6) is 0 Å². The average Bonchev–Trinajstić information content (AvgIpc) is 2.82. The van der Waals surface area contributed by atoms with E-state index in [1.807, 2.05) is 35.2 Å². The normalized spacial score (nSPS) is 21.2. The number of aryl methyl sites for hydroxylation is 1. The van der Waals surface area contributed by atoms with Gasteiger partial charge >= 0.3 is 0 Å². The van der Waals surface area contributed by atoms with Crippen molar-refractivity contribution in [3.8, 4) is 0 Å². The lowest BCUT2D eigenvalue weighted by atomic mass is 10.0. The van der Waals surface area contributed by atoms with Gasteiger partial charge in [0.15, 0.2) is 9.84 Å². The minimum Gasteiger partial charge on any atom is -0.379 e. The molecule has 4 rings (SSSR count). The number of ether oxygens (including phenoxy) is 1. The van der Waals surface area contributed by atoms with Crippen LogP contribution in [0.25, 0.3) is 0 Å². The molecule has 1 amide bonds. The van der Waals surface area contributed by atoms with Gasteiger partial charge in [-0.3, -0.25) is 14.6 Å². The van der Waals surface area contributed by atoms with Crippen LogP contribution < -0.4 is 5.32 Å². The summed E-state index contributed by atoms with van der Waals surface area (Å²) < 4.78 is 29.5. The van der Waals surface area contributed by atoms with Crippen LogP contribution in [0.3, 0.4) is 0 Å². The number of amides is 1. The Balaban J connectivity index is 1.53. The summed E-state index contributed by atoms with van der Waals surface area (Å²) in [5, 5.41) is 3.20.